The van der Waals surface area contributed by atoms with Gasteiger partial charge in [-0.3, -0.25) is 24.0 Å². The number of ether oxygens (including phenoxy) is 2. The summed E-state index contributed by atoms with van der Waals surface area (Å²) in [6.07, 6.45) is 2.99. The molecule has 0 bridgehead atoms. The van der Waals surface area contributed by atoms with Crippen LogP contribution in [-0.2, 0) is 23.9 Å². The molecule has 2 saturated carbocycles. The predicted molar refractivity (Wildman–Crippen MR) is 187 cm³/mol. The number of nitrogens with one attached hydrogen (secondary N) is 3. The summed E-state index contributed by atoms with van der Waals surface area (Å²) in [4.78, 5) is 82.7. The highest BCUT2D eigenvalue weighted by Gasteiger charge is 2.61. The standard InChI is InChI=1S/C36H46F2N8O8/c1-2-53-35(52)44-18-16-43(17-19-44)34(51)26(13-14-39-31(48)25-21-36(25,37)38)41-32(49)27-20-30(46(42-27)24-10-4-3-5-11-24)54-22-29(47)45-15-7-12-28(45)33(50)40-23-8-6-9-23/h3-5,10-11,20,23,25-26,28H,2,6-9,12-19,21-22H2,1H3,(H,39,48)(H,40,50)(H,41,49). The van der Waals surface area contributed by atoms with Crippen LogP contribution in [0.4, 0.5) is 13.6 Å². The molecule has 16 nitrogen and oxygen atoms in total. The zero-order valence-electron chi connectivity index (χ0n) is 30.1. The van der Waals surface area contributed by atoms with Gasteiger partial charge in [-0.2, -0.15) is 5.10 Å². The Kier molecular flexibility index (Phi) is 12.0. The van der Waals surface area contributed by atoms with Crippen LogP contribution in [-0.4, -0.2) is 137 Å². The Labute approximate surface area is 310 Å². The minimum absolute atomic E-state index is 0.0601. The highest BCUT2D eigenvalue weighted by atomic mass is 19.3. The topological polar surface area (TPSA) is 185 Å². The van der Waals surface area contributed by atoms with Gasteiger partial charge in [-0.05, 0) is 57.6 Å². The summed E-state index contributed by atoms with van der Waals surface area (Å²) in [5.74, 6) is -7.09. The monoisotopic (exact) mass is 756 g/mol. The van der Waals surface area contributed by atoms with Gasteiger partial charge >= 0.3 is 6.09 Å². The fourth-order valence-corrected chi connectivity index (χ4v) is 6.73. The first-order valence-corrected chi connectivity index (χ1v) is 18.5. The number of halogens is 2. The molecule has 2 aromatic rings. The largest absolute Gasteiger partial charge is 0.467 e. The number of carbonyl (C=O) groups excluding carboxylic acids is 6. The van der Waals surface area contributed by atoms with Gasteiger partial charge in [-0.1, -0.05) is 18.2 Å². The smallest absolute Gasteiger partial charge is 0.409 e. The van der Waals surface area contributed by atoms with Gasteiger partial charge in [0.05, 0.1) is 12.3 Å². The van der Waals surface area contributed by atoms with Crippen LogP contribution in [0.1, 0.15) is 62.4 Å². The molecule has 6 rings (SSSR count). The average molecular weight is 757 g/mol. The zero-order chi connectivity index (χ0) is 38.4. The third kappa shape index (κ3) is 9.07. The second-order valence-corrected chi connectivity index (χ2v) is 13.9. The van der Waals surface area contributed by atoms with Gasteiger partial charge in [0.1, 0.15) is 18.0 Å². The summed E-state index contributed by atoms with van der Waals surface area (Å²) < 4.78 is 39.3. The fourth-order valence-electron chi connectivity index (χ4n) is 6.73. The summed E-state index contributed by atoms with van der Waals surface area (Å²) in [6.45, 7) is 2.40. The number of hydrogen-bond acceptors (Lipinski definition) is 9. The molecule has 1 aromatic heterocycles. The first-order valence-electron chi connectivity index (χ1n) is 18.5. The Balaban J connectivity index is 1.14. The highest BCUT2D eigenvalue weighted by Crippen LogP contribution is 2.48. The lowest BCUT2D eigenvalue weighted by atomic mass is 9.93. The highest BCUT2D eigenvalue weighted by molar-refractivity contribution is 5.96. The lowest BCUT2D eigenvalue weighted by Crippen LogP contribution is -2.56. The second kappa shape index (κ2) is 16.8. The molecule has 292 valence electrons. The van der Waals surface area contributed by atoms with E-state index in [1.165, 1.54) is 25.4 Å². The summed E-state index contributed by atoms with van der Waals surface area (Å²) in [5, 5.41) is 12.6. The van der Waals surface area contributed by atoms with Crippen LogP contribution in [0.2, 0.25) is 0 Å². The van der Waals surface area contributed by atoms with Crippen molar-refractivity contribution in [1.29, 1.82) is 0 Å². The molecule has 18 heteroatoms. The van der Waals surface area contributed by atoms with Crippen molar-refractivity contribution in [2.45, 2.75) is 75.9 Å². The fraction of sp³-hybridized carbons (Fsp3) is 0.583. The molecule has 54 heavy (non-hydrogen) atoms. The van der Waals surface area contributed by atoms with Gasteiger partial charge in [-0.15, -0.1) is 0 Å². The van der Waals surface area contributed by atoms with Crippen LogP contribution in [0.5, 0.6) is 5.88 Å². The maximum absolute atomic E-state index is 13.8. The van der Waals surface area contributed by atoms with Crippen molar-refractivity contribution in [3.63, 3.8) is 0 Å². The van der Waals surface area contributed by atoms with E-state index in [4.69, 9.17) is 9.47 Å². The Morgan fingerprint density at radius 2 is 1.65 bits per heavy atom. The lowest BCUT2D eigenvalue weighted by Gasteiger charge is -2.36. The van der Waals surface area contributed by atoms with Crippen molar-refractivity contribution >= 4 is 35.6 Å². The zero-order valence-corrected chi connectivity index (χ0v) is 30.1. The van der Waals surface area contributed by atoms with Gasteiger partial charge in [0.15, 0.2) is 12.3 Å². The molecule has 4 aliphatic rings. The molecule has 0 radical (unpaired) electrons. The normalized spacial score (nSPS) is 21.1. The van der Waals surface area contributed by atoms with E-state index < -0.39 is 66.7 Å². The van der Waals surface area contributed by atoms with Crippen LogP contribution >= 0.6 is 0 Å². The number of likely N-dealkylation sites (tertiary alicyclic amines) is 1. The van der Waals surface area contributed by atoms with Crippen LogP contribution in [0, 0.1) is 5.92 Å². The number of piperazine rings is 1. The number of nitrogens with zero attached hydrogens (tertiary/aromatic N) is 5. The number of alkyl halides is 2. The Morgan fingerprint density at radius 3 is 2.30 bits per heavy atom. The third-order valence-corrected chi connectivity index (χ3v) is 10.2. The van der Waals surface area contributed by atoms with Crippen molar-refractivity contribution in [3.05, 3.63) is 42.1 Å². The molecular formula is C36H46F2N8O8. The van der Waals surface area contributed by atoms with Crippen molar-refractivity contribution in [2.24, 2.45) is 5.92 Å². The van der Waals surface area contributed by atoms with Gasteiger partial charge in [0, 0.05) is 57.8 Å². The molecule has 2 aliphatic carbocycles. The molecular weight excluding hydrogens is 710 g/mol. The number of aromatic nitrogens is 2. The van der Waals surface area contributed by atoms with Crippen LogP contribution in [0.25, 0.3) is 5.69 Å². The van der Waals surface area contributed by atoms with Crippen LogP contribution < -0.4 is 20.7 Å². The minimum Gasteiger partial charge on any atom is -0.467 e. The van der Waals surface area contributed by atoms with E-state index in [9.17, 15) is 37.5 Å². The van der Waals surface area contributed by atoms with Crippen molar-refractivity contribution in [2.75, 3.05) is 52.5 Å². The predicted octanol–water partition coefficient (Wildman–Crippen LogP) is 1.47. The molecule has 2 aliphatic heterocycles. The Morgan fingerprint density at radius 1 is 0.944 bits per heavy atom. The second-order valence-electron chi connectivity index (χ2n) is 13.9. The van der Waals surface area contributed by atoms with E-state index in [1.807, 2.05) is 0 Å². The number of amides is 6. The summed E-state index contributed by atoms with van der Waals surface area (Å²) >= 11 is 0. The number of rotatable bonds is 14. The Bertz CT molecular complexity index is 1710. The van der Waals surface area contributed by atoms with Crippen molar-refractivity contribution in [3.8, 4) is 11.6 Å². The van der Waals surface area contributed by atoms with Gasteiger partial charge < -0.3 is 40.1 Å². The van der Waals surface area contributed by atoms with Crippen LogP contribution in [0.3, 0.4) is 0 Å². The molecule has 1 aromatic carbocycles. The third-order valence-electron chi connectivity index (χ3n) is 10.2. The number of hydrogen-bond donors (Lipinski definition) is 3. The molecule has 4 fully saturated rings. The molecule has 3 N–H and O–H groups in total. The maximum atomic E-state index is 13.8. The van der Waals surface area contributed by atoms with Crippen molar-refractivity contribution in [1.82, 2.24) is 40.4 Å². The average Bonchev–Trinajstić information content (AvgIpc) is 3.47. The lowest BCUT2D eigenvalue weighted by molar-refractivity contribution is -0.140. The van der Waals surface area contributed by atoms with Crippen LogP contribution in [0.15, 0.2) is 36.4 Å². The van der Waals surface area contributed by atoms with Gasteiger partial charge in [0.2, 0.25) is 23.6 Å². The first-order chi connectivity index (χ1) is 25.9. The maximum Gasteiger partial charge on any atom is 0.409 e. The molecule has 3 atom stereocenters. The molecule has 0 spiro atoms. The molecule has 6 amide bonds. The van der Waals surface area contributed by atoms with E-state index in [0.29, 0.717) is 25.1 Å². The Hall–Kier alpha value is -5.29. The summed E-state index contributed by atoms with van der Waals surface area (Å²) in [7, 11) is 0. The van der Waals surface area contributed by atoms with E-state index in [-0.39, 0.29) is 69.3 Å². The quantitative estimate of drug-likeness (QED) is 0.257. The number of para-hydroxylation sites is 1. The van der Waals surface area contributed by atoms with Crippen molar-refractivity contribution < 1.29 is 47.0 Å². The van der Waals surface area contributed by atoms with Gasteiger partial charge in [-0.25, -0.2) is 18.3 Å². The van der Waals surface area contributed by atoms with E-state index in [2.05, 4.69) is 21.0 Å². The number of benzene rings is 1. The molecule has 3 unspecified atom stereocenters. The molecule has 2 saturated heterocycles. The number of carbonyl (C=O) groups is 6. The van der Waals surface area contributed by atoms with Gasteiger partial charge in [0.25, 0.3) is 17.7 Å². The van der Waals surface area contributed by atoms with E-state index >= 15 is 0 Å². The van der Waals surface area contributed by atoms with E-state index in [1.54, 1.807) is 37.3 Å². The summed E-state index contributed by atoms with van der Waals surface area (Å²) in [6, 6.07) is 8.43. The van der Waals surface area contributed by atoms with E-state index in [0.717, 1.165) is 19.3 Å². The summed E-state index contributed by atoms with van der Waals surface area (Å²) in [5.41, 5.74) is 0.372. The molecule has 3 heterocycles. The SMILES string of the molecule is CCOC(=O)N1CCN(C(=O)C(CCNC(=O)C2CC2(F)F)NC(=O)c2cc(OCC(=O)N3CCCC3C(=O)NC3CCC3)n(-c3ccccc3)n2)CC1. The minimum atomic E-state index is -3.06. The first kappa shape index (κ1) is 38.4.